The maximum atomic E-state index is 12.3. The minimum absolute atomic E-state index is 0.187. The highest BCUT2D eigenvalue weighted by Crippen LogP contribution is 2.39. The van der Waals surface area contributed by atoms with E-state index in [1.54, 1.807) is 19.2 Å². The van der Waals surface area contributed by atoms with Crippen molar-refractivity contribution in [2.75, 3.05) is 25.0 Å². The fourth-order valence-corrected chi connectivity index (χ4v) is 3.80. The van der Waals surface area contributed by atoms with Crippen LogP contribution in [0.15, 0.2) is 47.0 Å². The Morgan fingerprint density at radius 3 is 2.65 bits per heavy atom. The van der Waals surface area contributed by atoms with E-state index in [-0.39, 0.29) is 22.0 Å². The smallest absolute Gasteiger partial charge is 0.414 e. The van der Waals surface area contributed by atoms with Crippen LogP contribution in [-0.4, -0.2) is 47.6 Å². The van der Waals surface area contributed by atoms with Crippen LogP contribution in [0.3, 0.4) is 0 Å². The number of rotatable bonds is 5. The minimum atomic E-state index is -0.494. The summed E-state index contributed by atoms with van der Waals surface area (Å²) < 4.78 is 10.8. The summed E-state index contributed by atoms with van der Waals surface area (Å²) in [6, 6.07) is 12.6. The van der Waals surface area contributed by atoms with E-state index in [1.165, 1.54) is 4.90 Å². The van der Waals surface area contributed by atoms with Gasteiger partial charge in [0.05, 0.1) is 34.4 Å². The molecule has 1 aromatic heterocycles. The Morgan fingerprint density at radius 1 is 1.26 bits per heavy atom. The number of ether oxygens (including phenoxy) is 1. The van der Waals surface area contributed by atoms with Gasteiger partial charge in [-0.05, 0) is 24.4 Å². The van der Waals surface area contributed by atoms with Crippen molar-refractivity contribution in [1.29, 1.82) is 0 Å². The molecule has 11 heteroatoms. The highest BCUT2D eigenvalue weighted by molar-refractivity contribution is 7.80. The zero-order valence-electron chi connectivity index (χ0n) is 16.3. The average Bonchev–Trinajstić information content (AvgIpc) is 3.39. The van der Waals surface area contributed by atoms with Crippen LogP contribution in [0.5, 0.6) is 0 Å². The number of carbonyl (C=O) groups excluding carboxylic acids is 1. The highest BCUT2D eigenvalue weighted by Gasteiger charge is 2.33. The number of aromatic nitrogens is 2. The second-order valence-electron chi connectivity index (χ2n) is 6.65. The van der Waals surface area contributed by atoms with Gasteiger partial charge in [0.15, 0.2) is 5.11 Å². The van der Waals surface area contributed by atoms with E-state index in [0.717, 1.165) is 5.56 Å². The number of nitrogens with one attached hydrogen (secondary N) is 2. The van der Waals surface area contributed by atoms with Crippen LogP contribution in [0.2, 0.25) is 10.0 Å². The number of cyclic esters (lactones) is 1. The van der Waals surface area contributed by atoms with Crippen molar-refractivity contribution >= 4 is 52.3 Å². The van der Waals surface area contributed by atoms with Gasteiger partial charge in [-0.3, -0.25) is 4.90 Å². The summed E-state index contributed by atoms with van der Waals surface area (Å²) in [7, 11) is 1.71. The number of hydrogen-bond acceptors (Lipinski definition) is 6. The maximum absolute atomic E-state index is 12.3. The molecule has 1 saturated heterocycles. The quantitative estimate of drug-likeness (QED) is 0.529. The van der Waals surface area contributed by atoms with E-state index in [0.29, 0.717) is 35.3 Å². The largest absolute Gasteiger partial charge is 0.442 e. The summed E-state index contributed by atoms with van der Waals surface area (Å²) in [5, 5.41) is 10.8. The second-order valence-corrected chi connectivity index (χ2v) is 7.87. The summed E-state index contributed by atoms with van der Waals surface area (Å²) in [6.07, 6.45) is -0.869. The average molecular weight is 478 g/mol. The van der Waals surface area contributed by atoms with Crippen molar-refractivity contribution in [2.24, 2.45) is 0 Å². The Labute approximate surface area is 193 Å². The second kappa shape index (κ2) is 9.09. The molecular weight excluding hydrogens is 461 g/mol. The molecule has 3 aromatic rings. The maximum Gasteiger partial charge on any atom is 0.414 e. The third-order valence-electron chi connectivity index (χ3n) is 4.60. The first-order valence-electron chi connectivity index (χ1n) is 9.28. The Balaban J connectivity index is 1.55. The van der Waals surface area contributed by atoms with Crippen LogP contribution in [-0.2, 0) is 4.74 Å². The number of nitrogens with zero attached hydrogens (tertiary/aromatic N) is 3. The van der Waals surface area contributed by atoms with E-state index in [4.69, 9.17) is 44.7 Å². The molecule has 1 fully saturated rings. The molecule has 1 atom stereocenters. The zero-order valence-corrected chi connectivity index (χ0v) is 18.6. The van der Waals surface area contributed by atoms with Crippen molar-refractivity contribution < 1.29 is 14.1 Å². The molecule has 2 heterocycles. The van der Waals surface area contributed by atoms with Gasteiger partial charge in [-0.15, -0.1) is 0 Å². The molecule has 0 spiro atoms. The van der Waals surface area contributed by atoms with E-state index in [9.17, 15) is 4.79 Å². The summed E-state index contributed by atoms with van der Waals surface area (Å²) in [5.74, 6) is 0.608. The van der Waals surface area contributed by atoms with Gasteiger partial charge in [0.25, 0.3) is 5.89 Å². The third-order valence-corrected chi connectivity index (χ3v) is 5.55. The number of anilines is 1. The number of thiocarbonyl (C=S) groups is 1. The standard InChI is InChI=1S/C20H17Cl2N5O3S/c1-23-19(31)24-9-13-10-27(20(28)29-13)12-7-14(21)16(15(22)8-12)18-25-17(26-30-18)11-5-3-2-4-6-11/h2-8,13H,9-10H2,1H3,(H2,23,24,31). The van der Waals surface area contributed by atoms with Crippen molar-refractivity contribution in [3.05, 3.63) is 52.5 Å². The van der Waals surface area contributed by atoms with E-state index >= 15 is 0 Å². The summed E-state index contributed by atoms with van der Waals surface area (Å²) in [5.41, 5.74) is 1.70. The van der Waals surface area contributed by atoms with Crippen LogP contribution in [0, 0.1) is 0 Å². The third kappa shape index (κ3) is 4.58. The van der Waals surface area contributed by atoms with Gasteiger partial charge in [0.2, 0.25) is 5.82 Å². The van der Waals surface area contributed by atoms with E-state index in [2.05, 4.69) is 20.8 Å². The van der Waals surface area contributed by atoms with Gasteiger partial charge in [0.1, 0.15) is 6.10 Å². The van der Waals surface area contributed by atoms with Crippen molar-refractivity contribution in [3.8, 4) is 22.8 Å². The minimum Gasteiger partial charge on any atom is -0.442 e. The van der Waals surface area contributed by atoms with Crippen LogP contribution in [0.25, 0.3) is 22.8 Å². The topological polar surface area (TPSA) is 92.5 Å². The monoisotopic (exact) mass is 477 g/mol. The predicted molar refractivity (Wildman–Crippen MR) is 122 cm³/mol. The zero-order chi connectivity index (χ0) is 22.0. The summed E-state index contributed by atoms with van der Waals surface area (Å²) in [4.78, 5) is 18.2. The molecule has 1 unspecified atom stereocenters. The lowest BCUT2D eigenvalue weighted by atomic mass is 10.1. The molecule has 1 aliphatic rings. The molecule has 4 rings (SSSR count). The van der Waals surface area contributed by atoms with Crippen LogP contribution in [0.4, 0.5) is 10.5 Å². The molecule has 0 aliphatic carbocycles. The Kier molecular flexibility index (Phi) is 6.26. The molecule has 8 nitrogen and oxygen atoms in total. The number of halogens is 2. The van der Waals surface area contributed by atoms with Crippen molar-refractivity contribution in [3.63, 3.8) is 0 Å². The molecule has 160 valence electrons. The number of amides is 1. The Hall–Kier alpha value is -2.88. The molecule has 1 amide bonds. The highest BCUT2D eigenvalue weighted by atomic mass is 35.5. The fourth-order valence-electron chi connectivity index (χ4n) is 3.08. The molecule has 0 radical (unpaired) electrons. The Bertz CT molecular complexity index is 1100. The first kappa shape index (κ1) is 21.4. The number of hydrogen-bond donors (Lipinski definition) is 2. The molecule has 0 saturated carbocycles. The molecule has 2 N–H and O–H groups in total. The molecule has 2 aromatic carbocycles. The van der Waals surface area contributed by atoms with Crippen LogP contribution in [0.1, 0.15) is 0 Å². The van der Waals surface area contributed by atoms with E-state index in [1.807, 2.05) is 30.3 Å². The van der Waals surface area contributed by atoms with Crippen molar-refractivity contribution in [1.82, 2.24) is 20.8 Å². The lowest BCUT2D eigenvalue weighted by Crippen LogP contribution is -2.39. The lowest BCUT2D eigenvalue weighted by Gasteiger charge is -2.15. The number of benzene rings is 2. The van der Waals surface area contributed by atoms with Gasteiger partial charge in [-0.25, -0.2) is 4.79 Å². The Morgan fingerprint density at radius 2 is 1.97 bits per heavy atom. The normalized spacial score (nSPS) is 15.6. The first-order valence-corrected chi connectivity index (χ1v) is 10.4. The molecule has 31 heavy (non-hydrogen) atoms. The summed E-state index contributed by atoms with van der Waals surface area (Å²) >= 11 is 18.0. The number of carbonyl (C=O) groups is 1. The van der Waals surface area contributed by atoms with Crippen LogP contribution >= 0.6 is 35.4 Å². The molecule has 1 aliphatic heterocycles. The first-order chi connectivity index (χ1) is 15.0. The molecule has 0 bridgehead atoms. The fraction of sp³-hybridized carbons (Fsp3) is 0.200. The van der Waals surface area contributed by atoms with Gasteiger partial charge in [-0.2, -0.15) is 4.98 Å². The van der Waals surface area contributed by atoms with Crippen molar-refractivity contribution in [2.45, 2.75) is 6.10 Å². The van der Waals surface area contributed by atoms with Gasteiger partial charge >= 0.3 is 6.09 Å². The SMILES string of the molecule is CNC(=S)NCC1CN(c2cc(Cl)c(-c3nc(-c4ccccc4)no3)c(Cl)c2)C(=O)O1. The van der Waals surface area contributed by atoms with Crippen LogP contribution < -0.4 is 15.5 Å². The molecular formula is C20H17Cl2N5O3S. The predicted octanol–water partition coefficient (Wildman–Crippen LogP) is 4.13. The van der Waals surface area contributed by atoms with E-state index < -0.39 is 6.09 Å². The summed E-state index contributed by atoms with van der Waals surface area (Å²) in [6.45, 7) is 0.703. The van der Waals surface area contributed by atoms with Gasteiger partial charge in [0, 0.05) is 12.6 Å². The lowest BCUT2D eigenvalue weighted by molar-refractivity contribution is 0.143. The van der Waals surface area contributed by atoms with Gasteiger partial charge in [-0.1, -0.05) is 58.7 Å². The van der Waals surface area contributed by atoms with Gasteiger partial charge < -0.3 is 19.9 Å².